The lowest BCUT2D eigenvalue weighted by molar-refractivity contribution is 0.604. The van der Waals surface area contributed by atoms with E-state index in [2.05, 4.69) is 105 Å². The summed E-state index contributed by atoms with van der Waals surface area (Å²) in [6.45, 7) is 15.6. The van der Waals surface area contributed by atoms with E-state index in [1.165, 1.54) is 41.6 Å². The van der Waals surface area contributed by atoms with Gasteiger partial charge in [0, 0.05) is 30.5 Å². The van der Waals surface area contributed by atoms with E-state index in [4.69, 9.17) is 0 Å². The first-order valence-electron chi connectivity index (χ1n) is 11.8. The lowest BCUT2D eigenvalue weighted by Gasteiger charge is -2.29. The molecule has 0 bridgehead atoms. The van der Waals surface area contributed by atoms with Crippen molar-refractivity contribution in [3.63, 3.8) is 0 Å². The maximum absolute atomic E-state index is 4.24. The number of hydrogen-bond donors (Lipinski definition) is 1. The summed E-state index contributed by atoms with van der Waals surface area (Å²) >= 11 is 0. The minimum Gasteiger partial charge on any atom is -0.381 e. The Morgan fingerprint density at radius 1 is 1.00 bits per heavy atom. The number of rotatable bonds is 11. The van der Waals surface area contributed by atoms with Gasteiger partial charge in [-0.3, -0.25) is 0 Å². The summed E-state index contributed by atoms with van der Waals surface area (Å²) < 4.78 is 0. The van der Waals surface area contributed by atoms with Crippen LogP contribution in [0.25, 0.3) is 16.8 Å². The van der Waals surface area contributed by atoms with Gasteiger partial charge in [-0.1, -0.05) is 87.2 Å². The fourth-order valence-electron chi connectivity index (χ4n) is 4.13. The average molecular weight is 427 g/mol. The summed E-state index contributed by atoms with van der Waals surface area (Å²) in [6, 6.07) is 17.6. The zero-order chi connectivity index (χ0) is 23.1. The summed E-state index contributed by atoms with van der Waals surface area (Å²) in [5, 5.41) is 3.46. The van der Waals surface area contributed by atoms with Crippen molar-refractivity contribution in [2.24, 2.45) is 0 Å². The molecule has 0 radical (unpaired) electrons. The van der Waals surface area contributed by atoms with Crippen molar-refractivity contribution in [2.75, 3.05) is 18.5 Å². The molecule has 0 aromatic heterocycles. The van der Waals surface area contributed by atoms with Gasteiger partial charge < -0.3 is 10.2 Å². The molecule has 0 spiro atoms. The minimum absolute atomic E-state index is 0.391. The molecule has 0 saturated heterocycles. The van der Waals surface area contributed by atoms with E-state index in [0.717, 1.165) is 29.8 Å². The molecule has 0 unspecified atom stereocenters. The van der Waals surface area contributed by atoms with Gasteiger partial charge in [0.05, 0.1) is 0 Å². The zero-order valence-corrected chi connectivity index (χ0v) is 20.2. The van der Waals surface area contributed by atoms with Gasteiger partial charge in [0.15, 0.2) is 0 Å². The third kappa shape index (κ3) is 5.43. The normalized spacial score (nSPS) is 14.9. The van der Waals surface area contributed by atoms with Gasteiger partial charge in [0.1, 0.15) is 0 Å². The smallest absolute Gasteiger partial charge is 0.0403 e. The summed E-state index contributed by atoms with van der Waals surface area (Å²) in [5.41, 5.74) is 8.56. The first kappa shape index (κ1) is 23.7. The third-order valence-electron chi connectivity index (χ3n) is 6.88. The Kier molecular flexibility index (Phi) is 7.80. The summed E-state index contributed by atoms with van der Waals surface area (Å²) in [6.07, 6.45) is 11.0. The number of anilines is 1. The van der Waals surface area contributed by atoms with Crippen molar-refractivity contribution in [1.29, 1.82) is 0 Å². The average Bonchev–Trinajstić information content (AvgIpc) is 3.64. The Labute approximate surface area is 195 Å². The van der Waals surface area contributed by atoms with Crippen LogP contribution in [-0.4, -0.2) is 19.1 Å². The number of nitrogens with one attached hydrogen (secondary N) is 1. The Morgan fingerprint density at radius 3 is 2.09 bits per heavy atom. The second-order valence-electron chi connectivity index (χ2n) is 8.77. The van der Waals surface area contributed by atoms with Crippen LogP contribution in [0.3, 0.4) is 0 Å². The summed E-state index contributed by atoms with van der Waals surface area (Å²) in [4.78, 5) is 2.46. The molecular formula is C30H38N2. The Balaban J connectivity index is 1.64. The van der Waals surface area contributed by atoms with Crippen molar-refractivity contribution in [2.45, 2.75) is 52.0 Å². The molecule has 0 amide bonds. The maximum atomic E-state index is 4.24. The van der Waals surface area contributed by atoms with Crippen LogP contribution in [0.2, 0.25) is 0 Å². The summed E-state index contributed by atoms with van der Waals surface area (Å²) in [7, 11) is 2.23. The lowest BCUT2D eigenvalue weighted by atomic mass is 10.0. The Morgan fingerprint density at radius 2 is 1.59 bits per heavy atom. The summed E-state index contributed by atoms with van der Waals surface area (Å²) in [5.74, 6) is 0. The predicted molar refractivity (Wildman–Crippen MR) is 142 cm³/mol. The van der Waals surface area contributed by atoms with E-state index in [1.54, 1.807) is 0 Å². The highest BCUT2D eigenvalue weighted by Crippen LogP contribution is 2.45. The SMILES string of the molecule is C=C(CC)/C(=C\C=C/C)CNC(=C)c1ccc(-c2ccc(N(C)C3(CC)CC3)cc2)cc1. The topological polar surface area (TPSA) is 15.3 Å². The number of nitrogens with zero attached hydrogens (tertiary/aromatic N) is 1. The van der Waals surface area contributed by atoms with Crippen LogP contribution < -0.4 is 10.2 Å². The van der Waals surface area contributed by atoms with E-state index in [-0.39, 0.29) is 0 Å². The second-order valence-corrected chi connectivity index (χ2v) is 8.77. The molecule has 168 valence electrons. The molecule has 2 heteroatoms. The van der Waals surface area contributed by atoms with Crippen molar-refractivity contribution < 1.29 is 0 Å². The molecule has 1 fully saturated rings. The fraction of sp³-hybridized carbons (Fsp3) is 0.333. The first-order valence-corrected chi connectivity index (χ1v) is 11.8. The van der Waals surface area contributed by atoms with E-state index >= 15 is 0 Å². The van der Waals surface area contributed by atoms with Crippen LogP contribution in [0.15, 0.2) is 91.1 Å². The molecule has 0 aliphatic heterocycles. The number of benzene rings is 2. The highest BCUT2D eigenvalue weighted by Gasteiger charge is 2.44. The van der Waals surface area contributed by atoms with Gasteiger partial charge in [-0.2, -0.15) is 0 Å². The molecule has 32 heavy (non-hydrogen) atoms. The number of allylic oxidation sites excluding steroid dienone is 3. The van der Waals surface area contributed by atoms with Crippen molar-refractivity contribution in [3.05, 3.63) is 96.6 Å². The highest BCUT2D eigenvalue weighted by atomic mass is 15.2. The number of hydrogen-bond acceptors (Lipinski definition) is 2. The molecule has 0 atom stereocenters. The van der Waals surface area contributed by atoms with Crippen molar-refractivity contribution >= 4 is 11.4 Å². The maximum Gasteiger partial charge on any atom is 0.0403 e. The molecule has 1 N–H and O–H groups in total. The lowest BCUT2D eigenvalue weighted by Crippen LogP contribution is -2.32. The van der Waals surface area contributed by atoms with Crippen LogP contribution in [0.1, 0.15) is 52.0 Å². The molecule has 1 aliphatic rings. The molecule has 2 aromatic carbocycles. The fourth-order valence-corrected chi connectivity index (χ4v) is 4.13. The predicted octanol–water partition coefficient (Wildman–Crippen LogP) is 7.76. The standard InChI is InChI=1S/C30H38N2/c1-7-10-11-28(23(4)8-2)22-31-24(5)25-12-14-26(15-13-25)27-16-18-29(19-17-27)32(6)30(9-3)20-21-30/h7,10-19,31H,4-5,8-9,20-22H2,1-3,6H3/b10-7-,28-11-. The van der Waals surface area contributed by atoms with Crippen LogP contribution in [0.4, 0.5) is 5.69 Å². The molecule has 3 rings (SSSR count). The molecule has 1 aliphatic carbocycles. The van der Waals surface area contributed by atoms with Gasteiger partial charge >= 0.3 is 0 Å². The molecular weight excluding hydrogens is 388 g/mol. The van der Waals surface area contributed by atoms with Crippen LogP contribution in [0, 0.1) is 0 Å². The van der Waals surface area contributed by atoms with E-state index < -0.39 is 0 Å². The van der Waals surface area contributed by atoms with E-state index in [0.29, 0.717) is 5.54 Å². The van der Waals surface area contributed by atoms with Gasteiger partial charge in [-0.25, -0.2) is 0 Å². The highest BCUT2D eigenvalue weighted by molar-refractivity contribution is 5.70. The Bertz CT molecular complexity index is 986. The first-order chi connectivity index (χ1) is 15.4. The zero-order valence-electron chi connectivity index (χ0n) is 20.2. The third-order valence-corrected chi connectivity index (χ3v) is 6.88. The molecule has 2 aromatic rings. The van der Waals surface area contributed by atoms with E-state index in [1.807, 2.05) is 13.0 Å². The van der Waals surface area contributed by atoms with Crippen LogP contribution >= 0.6 is 0 Å². The van der Waals surface area contributed by atoms with Gasteiger partial charge in [0.2, 0.25) is 0 Å². The van der Waals surface area contributed by atoms with Gasteiger partial charge in [-0.05, 0) is 67.0 Å². The van der Waals surface area contributed by atoms with Crippen molar-refractivity contribution in [3.8, 4) is 11.1 Å². The monoisotopic (exact) mass is 426 g/mol. The van der Waals surface area contributed by atoms with Gasteiger partial charge in [-0.15, -0.1) is 0 Å². The van der Waals surface area contributed by atoms with Crippen LogP contribution in [0.5, 0.6) is 0 Å². The molecule has 1 saturated carbocycles. The van der Waals surface area contributed by atoms with Crippen molar-refractivity contribution in [1.82, 2.24) is 5.32 Å². The Hall–Kier alpha value is -3.00. The quantitative estimate of drug-likeness (QED) is 0.369. The molecule has 2 nitrogen and oxygen atoms in total. The van der Waals surface area contributed by atoms with E-state index in [9.17, 15) is 0 Å². The molecule has 0 heterocycles. The van der Waals surface area contributed by atoms with Gasteiger partial charge in [0.25, 0.3) is 0 Å². The minimum atomic E-state index is 0.391. The largest absolute Gasteiger partial charge is 0.381 e. The van der Waals surface area contributed by atoms with Crippen LogP contribution in [-0.2, 0) is 0 Å². The second kappa shape index (κ2) is 10.5.